The van der Waals surface area contributed by atoms with Crippen molar-refractivity contribution in [2.45, 2.75) is 52.5 Å². The van der Waals surface area contributed by atoms with Crippen molar-refractivity contribution in [2.24, 2.45) is 5.41 Å². The van der Waals surface area contributed by atoms with E-state index in [1.807, 2.05) is 20.8 Å². The molecule has 2 N–H and O–H groups in total. The van der Waals surface area contributed by atoms with Gasteiger partial charge < -0.3 is 15.3 Å². The molecule has 1 aliphatic heterocycles. The molecule has 5 nitrogen and oxygen atoms in total. The van der Waals surface area contributed by atoms with Gasteiger partial charge in [-0.2, -0.15) is 0 Å². The number of carbonyl (C=O) groups excluding carboxylic acids is 1. The van der Waals surface area contributed by atoms with Crippen LogP contribution in [0.2, 0.25) is 0 Å². The van der Waals surface area contributed by atoms with Crippen molar-refractivity contribution in [2.75, 3.05) is 19.6 Å². The van der Waals surface area contributed by atoms with Crippen LogP contribution in [0, 0.1) is 5.41 Å². The lowest BCUT2D eigenvalue weighted by atomic mass is 9.75. The molecule has 0 aromatic carbocycles. The first kappa shape index (κ1) is 16.0. The molecule has 110 valence electrons. The monoisotopic (exact) mass is 270 g/mol. The molecular formula is C14H26N2O3. The van der Waals surface area contributed by atoms with Crippen molar-refractivity contribution in [3.05, 3.63) is 0 Å². The smallest absolute Gasteiger partial charge is 0.323 e. The van der Waals surface area contributed by atoms with E-state index in [-0.39, 0.29) is 23.9 Å². The van der Waals surface area contributed by atoms with Crippen LogP contribution in [0.15, 0.2) is 0 Å². The molecule has 0 aromatic rings. The zero-order chi connectivity index (χ0) is 14.5. The highest BCUT2D eigenvalue weighted by Crippen LogP contribution is 2.35. The number of piperidine rings is 1. The lowest BCUT2D eigenvalue weighted by Gasteiger charge is -2.41. The van der Waals surface area contributed by atoms with Crippen LogP contribution in [0.25, 0.3) is 0 Å². The summed E-state index contributed by atoms with van der Waals surface area (Å²) in [4.78, 5) is 25.4. The second-order valence-electron chi connectivity index (χ2n) is 5.47. The van der Waals surface area contributed by atoms with E-state index in [2.05, 4.69) is 5.32 Å². The zero-order valence-corrected chi connectivity index (χ0v) is 12.2. The highest BCUT2D eigenvalue weighted by molar-refractivity contribution is 5.86. The van der Waals surface area contributed by atoms with E-state index in [1.54, 1.807) is 4.90 Å². The maximum atomic E-state index is 12.8. The van der Waals surface area contributed by atoms with Crippen molar-refractivity contribution in [1.82, 2.24) is 10.2 Å². The van der Waals surface area contributed by atoms with Crippen LogP contribution >= 0.6 is 0 Å². The molecular weight excluding hydrogens is 244 g/mol. The third kappa shape index (κ3) is 3.69. The van der Waals surface area contributed by atoms with Gasteiger partial charge >= 0.3 is 5.97 Å². The number of hydrogen-bond acceptors (Lipinski definition) is 3. The van der Waals surface area contributed by atoms with Gasteiger partial charge in [0.2, 0.25) is 5.91 Å². The molecule has 1 aliphatic rings. The van der Waals surface area contributed by atoms with E-state index in [0.717, 1.165) is 38.8 Å². The zero-order valence-electron chi connectivity index (χ0n) is 12.2. The molecule has 0 radical (unpaired) electrons. The van der Waals surface area contributed by atoms with Crippen molar-refractivity contribution >= 4 is 11.9 Å². The van der Waals surface area contributed by atoms with Crippen LogP contribution in [0.5, 0.6) is 0 Å². The molecule has 0 aliphatic carbocycles. The van der Waals surface area contributed by atoms with Crippen LogP contribution in [0.3, 0.4) is 0 Å². The Balaban J connectivity index is 2.92. The second-order valence-corrected chi connectivity index (χ2v) is 5.47. The SMILES string of the molecule is CCC(C)N(CC(=O)O)C(=O)C1(CC)CCNCC1. The fourth-order valence-electron chi connectivity index (χ4n) is 2.72. The summed E-state index contributed by atoms with van der Waals surface area (Å²) in [5.41, 5.74) is -0.371. The average molecular weight is 270 g/mol. The summed E-state index contributed by atoms with van der Waals surface area (Å²) in [6.07, 6.45) is 3.15. The molecule has 19 heavy (non-hydrogen) atoms. The molecule has 1 amide bonds. The quantitative estimate of drug-likeness (QED) is 0.767. The fraction of sp³-hybridized carbons (Fsp3) is 0.857. The van der Waals surface area contributed by atoms with Gasteiger partial charge in [0, 0.05) is 6.04 Å². The number of nitrogens with one attached hydrogen (secondary N) is 1. The minimum absolute atomic E-state index is 0.0215. The van der Waals surface area contributed by atoms with Crippen LogP contribution in [-0.4, -0.2) is 47.6 Å². The van der Waals surface area contributed by atoms with Gasteiger partial charge in [-0.1, -0.05) is 13.8 Å². The number of carboxylic acid groups (broad SMARTS) is 1. The van der Waals surface area contributed by atoms with Gasteiger partial charge in [0.25, 0.3) is 0 Å². The van der Waals surface area contributed by atoms with Crippen LogP contribution in [-0.2, 0) is 9.59 Å². The predicted molar refractivity (Wildman–Crippen MR) is 73.9 cm³/mol. The Morgan fingerprint density at radius 1 is 1.32 bits per heavy atom. The van der Waals surface area contributed by atoms with Crippen LogP contribution in [0.4, 0.5) is 0 Å². The Labute approximate surface area is 115 Å². The van der Waals surface area contributed by atoms with E-state index in [9.17, 15) is 9.59 Å². The normalized spacial score (nSPS) is 19.7. The first-order valence-corrected chi connectivity index (χ1v) is 7.20. The molecule has 1 fully saturated rings. The Morgan fingerprint density at radius 3 is 2.32 bits per heavy atom. The Hall–Kier alpha value is -1.10. The molecule has 0 aromatic heterocycles. The van der Waals surface area contributed by atoms with Gasteiger partial charge in [-0.05, 0) is 45.7 Å². The van der Waals surface area contributed by atoms with E-state index in [0.29, 0.717) is 0 Å². The van der Waals surface area contributed by atoms with Gasteiger partial charge in [0.15, 0.2) is 0 Å². The summed E-state index contributed by atoms with van der Waals surface area (Å²) >= 11 is 0. The van der Waals surface area contributed by atoms with Crippen molar-refractivity contribution < 1.29 is 14.7 Å². The average Bonchev–Trinajstić information content (AvgIpc) is 2.43. The summed E-state index contributed by atoms with van der Waals surface area (Å²) < 4.78 is 0. The Kier molecular flexibility index (Phi) is 5.79. The Bertz CT molecular complexity index is 325. The summed E-state index contributed by atoms with van der Waals surface area (Å²) in [6.45, 7) is 7.41. The standard InChI is InChI=1S/C14H26N2O3/c1-4-11(3)16(10-12(17)18)13(19)14(5-2)6-8-15-9-7-14/h11,15H,4-10H2,1-3H3,(H,17,18). The molecule has 1 atom stereocenters. The summed E-state index contributed by atoms with van der Waals surface area (Å²) in [6, 6.07) is -0.0260. The third-order valence-electron chi connectivity index (χ3n) is 4.38. The predicted octanol–water partition coefficient (Wildman–Crippen LogP) is 1.48. The van der Waals surface area contributed by atoms with E-state index < -0.39 is 5.97 Å². The number of carbonyl (C=O) groups is 2. The minimum Gasteiger partial charge on any atom is -0.480 e. The molecule has 0 saturated carbocycles. The second kappa shape index (κ2) is 6.89. The van der Waals surface area contributed by atoms with Crippen molar-refractivity contribution in [3.8, 4) is 0 Å². The molecule has 0 spiro atoms. The number of nitrogens with zero attached hydrogens (tertiary/aromatic N) is 1. The minimum atomic E-state index is -0.936. The largest absolute Gasteiger partial charge is 0.480 e. The topological polar surface area (TPSA) is 69.6 Å². The molecule has 1 unspecified atom stereocenters. The number of aliphatic carboxylic acids is 1. The lowest BCUT2D eigenvalue weighted by molar-refractivity contribution is -0.153. The highest BCUT2D eigenvalue weighted by Gasteiger charge is 2.41. The first-order valence-electron chi connectivity index (χ1n) is 7.20. The summed E-state index contributed by atoms with van der Waals surface area (Å²) in [7, 11) is 0. The van der Waals surface area contributed by atoms with Crippen LogP contribution < -0.4 is 5.32 Å². The number of hydrogen-bond donors (Lipinski definition) is 2. The van der Waals surface area contributed by atoms with Crippen LogP contribution in [0.1, 0.15) is 46.5 Å². The fourth-order valence-corrected chi connectivity index (χ4v) is 2.72. The van der Waals surface area contributed by atoms with Gasteiger partial charge in [-0.3, -0.25) is 9.59 Å². The van der Waals surface area contributed by atoms with Crippen molar-refractivity contribution in [1.29, 1.82) is 0 Å². The molecule has 1 rings (SSSR count). The van der Waals surface area contributed by atoms with Gasteiger partial charge in [0.05, 0.1) is 5.41 Å². The number of rotatable bonds is 6. The maximum Gasteiger partial charge on any atom is 0.323 e. The number of carboxylic acids is 1. The molecule has 0 bridgehead atoms. The van der Waals surface area contributed by atoms with Gasteiger partial charge in [-0.15, -0.1) is 0 Å². The first-order chi connectivity index (χ1) is 8.96. The molecule has 1 heterocycles. The molecule has 1 saturated heterocycles. The Morgan fingerprint density at radius 2 is 1.89 bits per heavy atom. The lowest BCUT2D eigenvalue weighted by Crippen LogP contribution is -2.52. The van der Waals surface area contributed by atoms with Gasteiger partial charge in [0.1, 0.15) is 6.54 Å². The highest BCUT2D eigenvalue weighted by atomic mass is 16.4. The van der Waals surface area contributed by atoms with E-state index >= 15 is 0 Å². The van der Waals surface area contributed by atoms with Gasteiger partial charge in [-0.25, -0.2) is 0 Å². The van der Waals surface area contributed by atoms with Crippen molar-refractivity contribution in [3.63, 3.8) is 0 Å². The summed E-state index contributed by atoms with van der Waals surface area (Å²) in [5.74, 6) is -0.915. The summed E-state index contributed by atoms with van der Waals surface area (Å²) in [5, 5.41) is 12.3. The third-order valence-corrected chi connectivity index (χ3v) is 4.38. The van der Waals surface area contributed by atoms with E-state index in [1.165, 1.54) is 0 Å². The molecule has 5 heteroatoms. The number of amides is 1. The van der Waals surface area contributed by atoms with E-state index in [4.69, 9.17) is 5.11 Å². The maximum absolute atomic E-state index is 12.8.